The van der Waals surface area contributed by atoms with Crippen LogP contribution >= 0.6 is 0 Å². The predicted molar refractivity (Wildman–Crippen MR) is 162 cm³/mol. The highest BCUT2D eigenvalue weighted by Crippen LogP contribution is 2.69. The number of ether oxygens (including phenoxy) is 3. The van der Waals surface area contributed by atoms with Crippen LogP contribution in [0.5, 0.6) is 0 Å². The molecule has 0 spiro atoms. The Bertz CT molecular complexity index is 1060. The summed E-state index contributed by atoms with van der Waals surface area (Å²) in [6.45, 7) is 23.4. The number of rotatable bonds is 5. The quantitative estimate of drug-likeness (QED) is 0.144. The third kappa shape index (κ3) is 4.91. The van der Waals surface area contributed by atoms with Crippen LogP contribution in [0.1, 0.15) is 93.9 Å². The number of allylic oxidation sites excluding steroid dienone is 3. The second kappa shape index (κ2) is 10.1. The molecule has 10 atom stereocenters. The molecule has 1 aliphatic heterocycles. The van der Waals surface area contributed by atoms with Gasteiger partial charge in [-0.1, -0.05) is 59.3 Å². The number of methoxy groups -OCH3 is 1. The molecule has 0 amide bonds. The lowest BCUT2D eigenvalue weighted by atomic mass is 9.43. The molecule has 3 saturated carbocycles. The second-order valence-electron chi connectivity index (χ2n) is 16.3. The fourth-order valence-corrected chi connectivity index (χ4v) is 11.0. The SMILES string of the molecule is COC(=O)/C=C/[C@@H](C)C1=CCC2C3C(CC[C@]12C)[C@@]1(C)CC[C@@H](O[Si](C)(C)C(C)(C)C)CC1[C@H]1OC(C)(C)O[C@H]31. The Labute approximate surface area is 244 Å². The van der Waals surface area contributed by atoms with E-state index in [4.69, 9.17) is 18.6 Å². The molecular weight excluding hydrogens is 516 g/mol. The van der Waals surface area contributed by atoms with E-state index in [0.29, 0.717) is 29.8 Å². The minimum Gasteiger partial charge on any atom is -0.466 e. The molecule has 0 bridgehead atoms. The smallest absolute Gasteiger partial charge is 0.330 e. The van der Waals surface area contributed by atoms with Gasteiger partial charge in [-0.25, -0.2) is 4.79 Å². The summed E-state index contributed by atoms with van der Waals surface area (Å²) in [6, 6.07) is 0. The highest BCUT2D eigenvalue weighted by atomic mass is 28.4. The van der Waals surface area contributed by atoms with Crippen molar-refractivity contribution in [2.24, 2.45) is 40.4 Å². The summed E-state index contributed by atoms with van der Waals surface area (Å²) in [7, 11) is -0.405. The number of hydrogen-bond donors (Lipinski definition) is 0. The predicted octanol–water partition coefficient (Wildman–Crippen LogP) is 8.06. The average Bonchev–Trinajstić information content (AvgIpc) is 3.37. The Morgan fingerprint density at radius 2 is 1.73 bits per heavy atom. The van der Waals surface area contributed by atoms with Crippen LogP contribution in [0, 0.1) is 40.4 Å². The van der Waals surface area contributed by atoms with Gasteiger partial charge in [0.15, 0.2) is 14.1 Å². The molecule has 4 fully saturated rings. The van der Waals surface area contributed by atoms with E-state index in [2.05, 4.69) is 74.6 Å². The van der Waals surface area contributed by atoms with Crippen molar-refractivity contribution in [3.63, 3.8) is 0 Å². The van der Waals surface area contributed by atoms with Gasteiger partial charge < -0.3 is 18.6 Å². The van der Waals surface area contributed by atoms with Crippen molar-refractivity contribution in [3.05, 3.63) is 23.8 Å². The third-order valence-electron chi connectivity index (χ3n) is 12.6. The maximum absolute atomic E-state index is 11.8. The first-order valence-electron chi connectivity index (χ1n) is 15.9. The lowest BCUT2D eigenvalue weighted by Crippen LogP contribution is -2.63. The van der Waals surface area contributed by atoms with Gasteiger partial charge in [0.2, 0.25) is 0 Å². The molecule has 1 saturated heterocycles. The monoisotopic (exact) mass is 572 g/mol. The van der Waals surface area contributed by atoms with Crippen LogP contribution in [-0.4, -0.2) is 45.5 Å². The summed E-state index contributed by atoms with van der Waals surface area (Å²) in [5.74, 6) is 1.50. The Morgan fingerprint density at radius 1 is 1.05 bits per heavy atom. The minimum absolute atomic E-state index is 0.119. The Kier molecular flexibility index (Phi) is 7.67. The molecule has 1 heterocycles. The van der Waals surface area contributed by atoms with Crippen molar-refractivity contribution in [2.75, 3.05) is 7.11 Å². The largest absolute Gasteiger partial charge is 0.466 e. The van der Waals surface area contributed by atoms with Gasteiger partial charge in [-0.2, -0.15) is 0 Å². The number of esters is 1. The zero-order chi connectivity index (χ0) is 29.5. The molecule has 5 rings (SSSR count). The van der Waals surface area contributed by atoms with Crippen molar-refractivity contribution in [2.45, 2.75) is 136 Å². The zero-order valence-corrected chi connectivity index (χ0v) is 28.1. The van der Waals surface area contributed by atoms with Crippen molar-refractivity contribution < 1.29 is 23.4 Å². The summed E-state index contributed by atoms with van der Waals surface area (Å²) in [6.07, 6.45) is 13.7. The molecule has 40 heavy (non-hydrogen) atoms. The van der Waals surface area contributed by atoms with E-state index < -0.39 is 14.1 Å². The molecule has 6 heteroatoms. The maximum Gasteiger partial charge on any atom is 0.330 e. The highest BCUT2D eigenvalue weighted by Gasteiger charge is 2.68. The fraction of sp³-hybridized carbons (Fsp3) is 0.853. The first kappa shape index (κ1) is 30.5. The molecule has 4 aliphatic carbocycles. The van der Waals surface area contributed by atoms with Gasteiger partial charge in [0.25, 0.3) is 0 Å². The van der Waals surface area contributed by atoms with E-state index >= 15 is 0 Å². The normalized spacial score (nSPS) is 43.4. The summed E-state index contributed by atoms with van der Waals surface area (Å²) >= 11 is 0. The zero-order valence-electron chi connectivity index (χ0n) is 27.1. The van der Waals surface area contributed by atoms with Gasteiger partial charge in [-0.3, -0.25) is 0 Å². The lowest BCUT2D eigenvalue weighted by Gasteiger charge is -2.63. The molecule has 5 nitrogen and oxygen atoms in total. The third-order valence-corrected chi connectivity index (χ3v) is 17.1. The molecule has 0 aromatic rings. The Morgan fingerprint density at radius 3 is 2.38 bits per heavy atom. The topological polar surface area (TPSA) is 54.0 Å². The van der Waals surface area contributed by atoms with Crippen molar-refractivity contribution in [1.29, 1.82) is 0 Å². The molecule has 5 aliphatic rings. The summed E-state index contributed by atoms with van der Waals surface area (Å²) in [5.41, 5.74) is 1.85. The van der Waals surface area contributed by atoms with Gasteiger partial charge in [0, 0.05) is 12.2 Å². The van der Waals surface area contributed by atoms with Gasteiger partial charge >= 0.3 is 5.97 Å². The lowest BCUT2D eigenvalue weighted by molar-refractivity contribution is -0.182. The van der Waals surface area contributed by atoms with Crippen LogP contribution in [0.4, 0.5) is 0 Å². The van der Waals surface area contributed by atoms with Crippen molar-refractivity contribution in [1.82, 2.24) is 0 Å². The van der Waals surface area contributed by atoms with Gasteiger partial charge in [-0.15, -0.1) is 0 Å². The Balaban J connectivity index is 1.43. The van der Waals surface area contributed by atoms with Gasteiger partial charge in [0.1, 0.15) is 0 Å². The van der Waals surface area contributed by atoms with Crippen molar-refractivity contribution >= 4 is 14.3 Å². The van der Waals surface area contributed by atoms with Crippen LogP contribution < -0.4 is 0 Å². The van der Waals surface area contributed by atoms with Crippen molar-refractivity contribution in [3.8, 4) is 0 Å². The van der Waals surface area contributed by atoms with Crippen LogP contribution in [0.2, 0.25) is 18.1 Å². The minimum atomic E-state index is -1.85. The van der Waals surface area contributed by atoms with Gasteiger partial charge in [-0.05, 0) is 111 Å². The summed E-state index contributed by atoms with van der Waals surface area (Å²) in [4.78, 5) is 11.8. The Hall–Kier alpha value is -0.953. The summed E-state index contributed by atoms with van der Waals surface area (Å²) < 4.78 is 25.7. The molecule has 0 aromatic heterocycles. The number of carbonyl (C=O) groups excluding carboxylic acids is 1. The van der Waals surface area contributed by atoms with E-state index in [1.165, 1.54) is 31.9 Å². The summed E-state index contributed by atoms with van der Waals surface area (Å²) in [5, 5.41) is 0.215. The molecule has 226 valence electrons. The highest BCUT2D eigenvalue weighted by molar-refractivity contribution is 6.74. The van der Waals surface area contributed by atoms with Crippen LogP contribution in [0.25, 0.3) is 0 Å². The molecule has 0 radical (unpaired) electrons. The molecular formula is C34H56O5Si. The second-order valence-corrected chi connectivity index (χ2v) is 21.0. The van der Waals surface area contributed by atoms with Crippen LogP contribution in [0.15, 0.2) is 23.8 Å². The van der Waals surface area contributed by atoms with E-state index in [1.54, 1.807) is 6.08 Å². The number of hydrogen-bond acceptors (Lipinski definition) is 5. The molecule has 0 aromatic carbocycles. The van der Waals surface area contributed by atoms with E-state index in [-0.39, 0.29) is 40.0 Å². The molecule has 0 N–H and O–H groups in total. The van der Waals surface area contributed by atoms with Crippen LogP contribution in [0.3, 0.4) is 0 Å². The number of fused-ring (bicyclic) bond motifs is 8. The van der Waals surface area contributed by atoms with Crippen LogP contribution in [-0.2, 0) is 23.4 Å². The average molecular weight is 573 g/mol. The van der Waals surface area contributed by atoms with E-state index in [0.717, 1.165) is 19.3 Å². The first-order valence-corrected chi connectivity index (χ1v) is 18.8. The fourth-order valence-electron chi connectivity index (χ4n) is 9.55. The standard InChI is InChI=1S/C34H56O5Si/c1-21(12-15-27(35)36-9)23-13-14-24-28-25(17-19-33(23,24)7)34(8)18-16-22(39-40(10,11)31(2,3)4)20-26(34)29-30(28)38-32(5,6)37-29/h12-13,15,21-22,24-26,28-30H,14,16-20H2,1-11H3/b15-12+/t21-,22-,24?,25?,26?,28?,29-,30-,33-,34-/m1/s1. The molecule has 4 unspecified atom stereocenters. The maximum atomic E-state index is 11.8. The number of carbonyl (C=O) groups is 1. The van der Waals surface area contributed by atoms with E-state index in [9.17, 15) is 4.79 Å². The van der Waals surface area contributed by atoms with Gasteiger partial charge in [0.05, 0.1) is 19.3 Å². The van der Waals surface area contributed by atoms with E-state index in [1.807, 2.05) is 6.08 Å². The first-order chi connectivity index (χ1) is 18.4.